The molecular weight excluding hydrogens is 261 g/mol. The molecule has 110 valence electrons. The van der Waals surface area contributed by atoms with Crippen molar-refractivity contribution in [3.8, 4) is 0 Å². The molecule has 5 heteroatoms. The van der Waals surface area contributed by atoms with Gasteiger partial charge in [-0.15, -0.1) is 0 Å². The predicted molar refractivity (Wildman–Crippen MR) is 74.3 cm³/mol. The van der Waals surface area contributed by atoms with Crippen LogP contribution in [0.1, 0.15) is 38.7 Å². The fraction of sp³-hybridized carbons (Fsp3) is 0.467. The molecule has 0 saturated heterocycles. The Kier molecular flexibility index (Phi) is 6.31. The predicted octanol–water partition coefficient (Wildman–Crippen LogP) is 2.72. The number of esters is 1. The maximum absolute atomic E-state index is 12.8. The molecule has 20 heavy (non-hydrogen) atoms. The SMILES string of the molecule is CC(C)(O)CCCCOC(=O)/C=C/c1cncc(F)c1. The Morgan fingerprint density at radius 3 is 2.85 bits per heavy atom. The van der Waals surface area contributed by atoms with Gasteiger partial charge in [0.25, 0.3) is 0 Å². The van der Waals surface area contributed by atoms with Crippen molar-refractivity contribution in [2.75, 3.05) is 6.61 Å². The van der Waals surface area contributed by atoms with Crippen LogP contribution in [-0.4, -0.2) is 28.3 Å². The summed E-state index contributed by atoms with van der Waals surface area (Å²) in [4.78, 5) is 15.1. The first-order valence-electron chi connectivity index (χ1n) is 6.54. The molecule has 0 bridgehead atoms. The Morgan fingerprint density at radius 2 is 2.20 bits per heavy atom. The van der Waals surface area contributed by atoms with Crippen LogP contribution in [0.3, 0.4) is 0 Å². The number of aromatic nitrogens is 1. The molecule has 0 saturated carbocycles. The summed E-state index contributed by atoms with van der Waals surface area (Å²) >= 11 is 0. The van der Waals surface area contributed by atoms with Gasteiger partial charge in [0.15, 0.2) is 0 Å². The highest BCUT2D eigenvalue weighted by Crippen LogP contribution is 2.11. The smallest absolute Gasteiger partial charge is 0.330 e. The van der Waals surface area contributed by atoms with Gasteiger partial charge in [0.2, 0.25) is 0 Å². The minimum Gasteiger partial charge on any atom is -0.463 e. The standard InChI is InChI=1S/C15H20FNO3/c1-15(2,19)7-3-4-8-20-14(18)6-5-12-9-13(16)11-17-10-12/h5-6,9-11,19H,3-4,7-8H2,1-2H3/b6-5+. The van der Waals surface area contributed by atoms with E-state index in [2.05, 4.69) is 4.98 Å². The third-order valence-electron chi connectivity index (χ3n) is 2.57. The second-order valence-electron chi connectivity index (χ2n) is 5.21. The lowest BCUT2D eigenvalue weighted by molar-refractivity contribution is -0.137. The van der Waals surface area contributed by atoms with E-state index in [0.29, 0.717) is 25.0 Å². The summed E-state index contributed by atoms with van der Waals surface area (Å²) in [6.45, 7) is 3.80. The number of rotatable bonds is 7. The summed E-state index contributed by atoms with van der Waals surface area (Å²) < 4.78 is 17.8. The minimum absolute atomic E-state index is 0.306. The highest BCUT2D eigenvalue weighted by atomic mass is 19.1. The molecule has 1 aromatic rings. The third-order valence-corrected chi connectivity index (χ3v) is 2.57. The van der Waals surface area contributed by atoms with Gasteiger partial charge in [-0.25, -0.2) is 9.18 Å². The van der Waals surface area contributed by atoms with Crippen LogP contribution in [0.25, 0.3) is 6.08 Å². The Labute approximate surface area is 118 Å². The summed E-state index contributed by atoms with van der Waals surface area (Å²) in [5.74, 6) is -0.926. The number of ether oxygens (including phenoxy) is 1. The molecule has 1 aromatic heterocycles. The minimum atomic E-state index is -0.686. The fourth-order valence-corrected chi connectivity index (χ4v) is 1.56. The lowest BCUT2D eigenvalue weighted by Crippen LogP contribution is -2.18. The van der Waals surface area contributed by atoms with Crippen molar-refractivity contribution in [3.05, 3.63) is 35.9 Å². The van der Waals surface area contributed by atoms with Gasteiger partial charge in [0.05, 0.1) is 18.4 Å². The first-order chi connectivity index (χ1) is 9.37. The van der Waals surface area contributed by atoms with Gasteiger partial charge in [0, 0.05) is 12.3 Å². The topological polar surface area (TPSA) is 59.4 Å². The Hall–Kier alpha value is -1.75. The third kappa shape index (κ3) is 7.63. The van der Waals surface area contributed by atoms with E-state index in [-0.39, 0.29) is 0 Å². The zero-order valence-corrected chi connectivity index (χ0v) is 11.8. The molecule has 0 fully saturated rings. The molecule has 1 rings (SSSR count). The van der Waals surface area contributed by atoms with Crippen molar-refractivity contribution in [1.29, 1.82) is 0 Å². The second-order valence-corrected chi connectivity index (χ2v) is 5.21. The number of pyridine rings is 1. The van der Waals surface area contributed by atoms with Crippen LogP contribution in [0.2, 0.25) is 0 Å². The van der Waals surface area contributed by atoms with Crippen molar-refractivity contribution in [3.63, 3.8) is 0 Å². The molecule has 4 nitrogen and oxygen atoms in total. The van der Waals surface area contributed by atoms with E-state index in [4.69, 9.17) is 4.74 Å². The maximum Gasteiger partial charge on any atom is 0.330 e. The number of halogens is 1. The van der Waals surface area contributed by atoms with Crippen LogP contribution in [0.5, 0.6) is 0 Å². The average molecular weight is 281 g/mol. The molecular formula is C15H20FNO3. The van der Waals surface area contributed by atoms with Crippen LogP contribution >= 0.6 is 0 Å². The van der Waals surface area contributed by atoms with E-state index in [1.807, 2.05) is 0 Å². The van der Waals surface area contributed by atoms with Gasteiger partial charge < -0.3 is 9.84 Å². The summed E-state index contributed by atoms with van der Waals surface area (Å²) in [5.41, 5.74) is -0.183. The average Bonchev–Trinajstić information content (AvgIpc) is 2.35. The molecule has 0 spiro atoms. The summed E-state index contributed by atoms with van der Waals surface area (Å²) in [6.07, 6.45) is 7.39. The van der Waals surface area contributed by atoms with Gasteiger partial charge in [-0.1, -0.05) is 0 Å². The van der Waals surface area contributed by atoms with E-state index in [9.17, 15) is 14.3 Å². The lowest BCUT2D eigenvalue weighted by atomic mass is 10.0. The fourth-order valence-electron chi connectivity index (χ4n) is 1.56. The number of hydrogen-bond donors (Lipinski definition) is 1. The molecule has 0 atom stereocenters. The molecule has 0 aliphatic rings. The van der Waals surface area contributed by atoms with E-state index >= 15 is 0 Å². The number of aliphatic hydroxyl groups is 1. The highest BCUT2D eigenvalue weighted by Gasteiger charge is 2.11. The normalized spacial score (nSPS) is 11.8. The van der Waals surface area contributed by atoms with Crippen LogP contribution in [0, 0.1) is 5.82 Å². The number of carbonyl (C=O) groups excluding carboxylic acids is 1. The number of nitrogens with zero attached hydrogens (tertiary/aromatic N) is 1. The molecule has 0 aliphatic heterocycles. The van der Waals surface area contributed by atoms with E-state index in [1.165, 1.54) is 24.4 Å². The first-order valence-corrected chi connectivity index (χ1v) is 6.54. The van der Waals surface area contributed by atoms with Crippen LogP contribution < -0.4 is 0 Å². The van der Waals surface area contributed by atoms with Gasteiger partial charge in [-0.3, -0.25) is 4.98 Å². The molecule has 0 aromatic carbocycles. The Morgan fingerprint density at radius 1 is 1.45 bits per heavy atom. The molecule has 1 heterocycles. The largest absolute Gasteiger partial charge is 0.463 e. The quantitative estimate of drug-likeness (QED) is 0.474. The van der Waals surface area contributed by atoms with Gasteiger partial charge in [-0.05, 0) is 50.8 Å². The second kappa shape index (κ2) is 7.75. The van der Waals surface area contributed by atoms with Crippen LogP contribution in [-0.2, 0) is 9.53 Å². The van der Waals surface area contributed by atoms with E-state index < -0.39 is 17.4 Å². The monoisotopic (exact) mass is 281 g/mol. The Bertz CT molecular complexity index is 466. The molecule has 0 unspecified atom stereocenters. The van der Waals surface area contributed by atoms with Crippen LogP contribution in [0.4, 0.5) is 4.39 Å². The molecule has 0 aliphatic carbocycles. The zero-order valence-electron chi connectivity index (χ0n) is 11.8. The van der Waals surface area contributed by atoms with E-state index in [0.717, 1.165) is 12.6 Å². The maximum atomic E-state index is 12.8. The summed E-state index contributed by atoms with van der Waals surface area (Å²) in [6, 6.07) is 1.28. The summed E-state index contributed by atoms with van der Waals surface area (Å²) in [7, 11) is 0. The highest BCUT2D eigenvalue weighted by molar-refractivity contribution is 5.86. The number of carbonyl (C=O) groups is 1. The number of hydrogen-bond acceptors (Lipinski definition) is 4. The molecule has 0 amide bonds. The first kappa shape index (κ1) is 16.3. The van der Waals surface area contributed by atoms with Crippen molar-refractivity contribution < 1.29 is 19.0 Å². The zero-order chi connectivity index (χ0) is 15.0. The van der Waals surface area contributed by atoms with Crippen molar-refractivity contribution >= 4 is 12.0 Å². The number of unbranched alkanes of at least 4 members (excludes halogenated alkanes) is 1. The van der Waals surface area contributed by atoms with Crippen LogP contribution in [0.15, 0.2) is 24.5 Å². The summed E-state index contributed by atoms with van der Waals surface area (Å²) in [5, 5.41) is 9.50. The molecule has 1 N–H and O–H groups in total. The van der Waals surface area contributed by atoms with Crippen molar-refractivity contribution in [2.45, 2.75) is 38.7 Å². The van der Waals surface area contributed by atoms with Gasteiger partial charge in [-0.2, -0.15) is 0 Å². The molecule has 0 radical (unpaired) electrons. The van der Waals surface area contributed by atoms with Gasteiger partial charge >= 0.3 is 5.97 Å². The Balaban J connectivity index is 2.24. The van der Waals surface area contributed by atoms with Crippen molar-refractivity contribution in [2.24, 2.45) is 0 Å². The van der Waals surface area contributed by atoms with Crippen molar-refractivity contribution in [1.82, 2.24) is 4.98 Å². The van der Waals surface area contributed by atoms with Gasteiger partial charge in [0.1, 0.15) is 5.82 Å². The lowest BCUT2D eigenvalue weighted by Gasteiger charge is -2.16. The van der Waals surface area contributed by atoms with E-state index in [1.54, 1.807) is 13.8 Å².